The predicted molar refractivity (Wildman–Crippen MR) is 79.9 cm³/mol. The normalized spacial score (nSPS) is 15.2. The number of hydrogen-bond donors (Lipinski definition) is 1. The molecule has 1 aromatic rings. The van der Waals surface area contributed by atoms with E-state index in [1.807, 2.05) is 23.2 Å². The minimum absolute atomic E-state index is 0.219. The maximum absolute atomic E-state index is 13.0. The molecular formula is C16H25N3O. The summed E-state index contributed by atoms with van der Waals surface area (Å²) in [6.07, 6.45) is 7.42. The van der Waals surface area contributed by atoms with Gasteiger partial charge in [-0.15, -0.1) is 0 Å². The van der Waals surface area contributed by atoms with Crippen LogP contribution in [0.2, 0.25) is 0 Å². The van der Waals surface area contributed by atoms with E-state index < -0.39 is 5.41 Å². The van der Waals surface area contributed by atoms with Gasteiger partial charge in [-0.1, -0.05) is 19.9 Å². The smallest absolute Gasteiger partial charge is 0.230 e. The Bertz CT molecular complexity index is 430. The lowest BCUT2D eigenvalue weighted by molar-refractivity contribution is -0.143. The molecule has 1 amide bonds. The van der Waals surface area contributed by atoms with Gasteiger partial charge in [0.25, 0.3) is 0 Å². The molecule has 2 rings (SSSR count). The van der Waals surface area contributed by atoms with Crippen molar-refractivity contribution in [3.05, 3.63) is 30.1 Å². The Morgan fingerprint density at radius 3 is 2.60 bits per heavy atom. The number of nitrogens with two attached hydrogens (primary N) is 1. The van der Waals surface area contributed by atoms with E-state index in [0.717, 1.165) is 31.2 Å². The van der Waals surface area contributed by atoms with Gasteiger partial charge in [0.2, 0.25) is 5.91 Å². The number of carbonyl (C=O) groups excluding carboxylic acids is 1. The van der Waals surface area contributed by atoms with Crippen LogP contribution in [0.5, 0.6) is 0 Å². The maximum Gasteiger partial charge on any atom is 0.230 e. The standard InChI is InChI=1S/C16H25N3O/c1-3-16(4-2,12-17)15(20)19(14-7-8-14)11-13-6-5-9-18-10-13/h5-6,9-10,14H,3-4,7-8,11-12,17H2,1-2H3. The largest absolute Gasteiger partial charge is 0.335 e. The first-order valence-electron chi connectivity index (χ1n) is 7.57. The van der Waals surface area contributed by atoms with Gasteiger partial charge in [-0.2, -0.15) is 0 Å². The molecule has 1 fully saturated rings. The summed E-state index contributed by atoms with van der Waals surface area (Å²) in [4.78, 5) is 19.1. The molecule has 4 heteroatoms. The Kier molecular flexibility index (Phi) is 4.76. The van der Waals surface area contributed by atoms with E-state index in [4.69, 9.17) is 5.73 Å². The van der Waals surface area contributed by atoms with Crippen molar-refractivity contribution in [2.75, 3.05) is 6.54 Å². The van der Waals surface area contributed by atoms with Crippen LogP contribution in [0.15, 0.2) is 24.5 Å². The molecule has 0 bridgehead atoms. The number of aromatic nitrogens is 1. The monoisotopic (exact) mass is 275 g/mol. The van der Waals surface area contributed by atoms with Crippen molar-refractivity contribution < 1.29 is 4.79 Å². The highest BCUT2D eigenvalue weighted by Crippen LogP contribution is 2.35. The molecule has 0 radical (unpaired) electrons. The predicted octanol–water partition coefficient (Wildman–Crippen LogP) is 2.34. The number of pyridine rings is 1. The van der Waals surface area contributed by atoms with Gasteiger partial charge in [0.1, 0.15) is 0 Å². The van der Waals surface area contributed by atoms with Crippen molar-refractivity contribution in [1.82, 2.24) is 9.88 Å². The van der Waals surface area contributed by atoms with E-state index in [0.29, 0.717) is 19.1 Å². The van der Waals surface area contributed by atoms with Gasteiger partial charge in [-0.05, 0) is 37.3 Å². The van der Waals surface area contributed by atoms with Gasteiger partial charge in [-0.3, -0.25) is 9.78 Å². The molecule has 0 aromatic carbocycles. The fourth-order valence-electron chi connectivity index (χ4n) is 2.67. The van der Waals surface area contributed by atoms with E-state index in [-0.39, 0.29) is 5.91 Å². The van der Waals surface area contributed by atoms with Crippen LogP contribution >= 0.6 is 0 Å². The number of hydrogen-bond acceptors (Lipinski definition) is 3. The van der Waals surface area contributed by atoms with Gasteiger partial charge < -0.3 is 10.6 Å². The van der Waals surface area contributed by atoms with Gasteiger partial charge >= 0.3 is 0 Å². The third kappa shape index (κ3) is 3.01. The number of rotatable bonds is 7. The SMILES string of the molecule is CCC(CC)(CN)C(=O)N(Cc1cccnc1)C1CC1. The molecule has 2 N–H and O–H groups in total. The van der Waals surface area contributed by atoms with Crippen molar-refractivity contribution in [2.45, 2.75) is 52.1 Å². The maximum atomic E-state index is 13.0. The molecule has 0 atom stereocenters. The summed E-state index contributed by atoms with van der Waals surface area (Å²) in [7, 11) is 0. The molecule has 1 aromatic heterocycles. The van der Waals surface area contributed by atoms with Crippen molar-refractivity contribution >= 4 is 5.91 Å². The molecule has 0 unspecified atom stereocenters. The van der Waals surface area contributed by atoms with Crippen LogP contribution < -0.4 is 5.73 Å². The van der Waals surface area contributed by atoms with Crippen molar-refractivity contribution in [2.24, 2.45) is 11.1 Å². The van der Waals surface area contributed by atoms with Gasteiger partial charge in [0, 0.05) is 31.5 Å². The molecular weight excluding hydrogens is 250 g/mol. The van der Waals surface area contributed by atoms with E-state index >= 15 is 0 Å². The average molecular weight is 275 g/mol. The zero-order valence-electron chi connectivity index (χ0n) is 12.5. The number of carbonyl (C=O) groups is 1. The van der Waals surface area contributed by atoms with Crippen LogP contribution in [-0.2, 0) is 11.3 Å². The summed E-state index contributed by atoms with van der Waals surface area (Å²) >= 11 is 0. The van der Waals surface area contributed by atoms with E-state index in [1.54, 1.807) is 6.20 Å². The molecule has 1 aliphatic carbocycles. The lowest BCUT2D eigenvalue weighted by Gasteiger charge is -2.35. The highest BCUT2D eigenvalue weighted by atomic mass is 16.2. The Morgan fingerprint density at radius 2 is 2.15 bits per heavy atom. The average Bonchev–Trinajstić information content (AvgIpc) is 3.33. The highest BCUT2D eigenvalue weighted by molar-refractivity contribution is 5.83. The second-order valence-electron chi connectivity index (χ2n) is 5.72. The van der Waals surface area contributed by atoms with E-state index in [1.165, 1.54) is 0 Å². The zero-order chi connectivity index (χ0) is 14.6. The van der Waals surface area contributed by atoms with Crippen LogP contribution in [-0.4, -0.2) is 28.4 Å². The second kappa shape index (κ2) is 6.35. The summed E-state index contributed by atoms with van der Waals surface area (Å²) in [6, 6.07) is 4.34. The fraction of sp³-hybridized carbons (Fsp3) is 0.625. The minimum Gasteiger partial charge on any atom is -0.335 e. The second-order valence-corrected chi connectivity index (χ2v) is 5.72. The molecule has 4 nitrogen and oxygen atoms in total. The van der Waals surface area contributed by atoms with Crippen LogP contribution in [0.25, 0.3) is 0 Å². The van der Waals surface area contributed by atoms with Crippen molar-refractivity contribution in [3.8, 4) is 0 Å². The lowest BCUT2D eigenvalue weighted by atomic mass is 9.80. The molecule has 110 valence electrons. The first kappa shape index (κ1) is 15.0. The number of amides is 1. The number of nitrogens with zero attached hydrogens (tertiary/aromatic N) is 2. The summed E-state index contributed by atoms with van der Waals surface area (Å²) in [5.74, 6) is 0.219. The van der Waals surface area contributed by atoms with E-state index in [2.05, 4.69) is 18.8 Å². The molecule has 20 heavy (non-hydrogen) atoms. The lowest BCUT2D eigenvalue weighted by Crippen LogP contribution is -2.48. The van der Waals surface area contributed by atoms with Crippen molar-refractivity contribution in [3.63, 3.8) is 0 Å². The third-order valence-corrected chi connectivity index (χ3v) is 4.52. The molecule has 0 spiro atoms. The summed E-state index contributed by atoms with van der Waals surface area (Å²) in [5, 5.41) is 0. The highest BCUT2D eigenvalue weighted by Gasteiger charge is 2.42. The molecule has 0 saturated heterocycles. The molecule has 1 heterocycles. The first-order valence-corrected chi connectivity index (χ1v) is 7.57. The Morgan fingerprint density at radius 1 is 1.45 bits per heavy atom. The van der Waals surface area contributed by atoms with Crippen LogP contribution in [0, 0.1) is 5.41 Å². The summed E-state index contributed by atoms with van der Waals surface area (Å²) in [5.41, 5.74) is 6.61. The Balaban J connectivity index is 2.18. The van der Waals surface area contributed by atoms with E-state index in [9.17, 15) is 4.79 Å². The van der Waals surface area contributed by atoms with Gasteiger partial charge in [0.15, 0.2) is 0 Å². The molecule has 1 aliphatic rings. The molecule has 0 aliphatic heterocycles. The van der Waals surface area contributed by atoms with Crippen molar-refractivity contribution in [1.29, 1.82) is 0 Å². The minimum atomic E-state index is -0.398. The fourth-order valence-corrected chi connectivity index (χ4v) is 2.67. The van der Waals surface area contributed by atoms with Crippen LogP contribution in [0.1, 0.15) is 45.1 Å². The van der Waals surface area contributed by atoms with Gasteiger partial charge in [-0.25, -0.2) is 0 Å². The summed E-state index contributed by atoms with van der Waals surface area (Å²) < 4.78 is 0. The third-order valence-electron chi connectivity index (χ3n) is 4.52. The topological polar surface area (TPSA) is 59.2 Å². The zero-order valence-corrected chi connectivity index (χ0v) is 12.5. The molecule has 1 saturated carbocycles. The van der Waals surface area contributed by atoms with Gasteiger partial charge in [0.05, 0.1) is 5.41 Å². The summed E-state index contributed by atoms with van der Waals surface area (Å²) in [6.45, 7) is 5.20. The van der Waals surface area contributed by atoms with Crippen LogP contribution in [0.4, 0.5) is 0 Å². The Hall–Kier alpha value is -1.42. The van der Waals surface area contributed by atoms with Crippen LogP contribution in [0.3, 0.4) is 0 Å². The Labute approximate surface area is 121 Å². The first-order chi connectivity index (χ1) is 9.66. The quantitative estimate of drug-likeness (QED) is 0.831.